The van der Waals surface area contributed by atoms with Crippen molar-refractivity contribution in [1.82, 2.24) is 4.98 Å². The van der Waals surface area contributed by atoms with Gasteiger partial charge in [0.1, 0.15) is 5.52 Å². The second-order valence-electron chi connectivity index (χ2n) is 4.58. The molecular weight excluding hydrogens is 232 g/mol. The predicted molar refractivity (Wildman–Crippen MR) is 72.6 cm³/mol. The minimum Gasteiger partial charge on any atom is -0.424 e. The number of hydrogen-bond acceptors (Lipinski definition) is 4. The van der Waals surface area contributed by atoms with E-state index in [0.29, 0.717) is 10.8 Å². The molecule has 0 aliphatic heterocycles. The van der Waals surface area contributed by atoms with E-state index >= 15 is 0 Å². The van der Waals surface area contributed by atoms with Crippen LogP contribution in [0.5, 0.6) is 0 Å². The van der Waals surface area contributed by atoms with Gasteiger partial charge in [-0.05, 0) is 31.2 Å². The summed E-state index contributed by atoms with van der Waals surface area (Å²) in [5, 5.41) is 3.33. The quantitative estimate of drug-likeness (QED) is 0.898. The van der Waals surface area contributed by atoms with Crippen LogP contribution in [-0.2, 0) is 0 Å². The van der Waals surface area contributed by atoms with Crippen LogP contribution >= 0.6 is 11.8 Å². The molecule has 1 aliphatic carbocycles. The molecule has 1 aliphatic rings. The molecular formula is C13H16N2OS. The van der Waals surface area contributed by atoms with Crippen LogP contribution in [0.3, 0.4) is 0 Å². The molecule has 2 aromatic rings. The fraction of sp³-hybridized carbons (Fsp3) is 0.462. The molecule has 0 radical (unpaired) electrons. The molecule has 0 spiro atoms. The fourth-order valence-electron chi connectivity index (χ4n) is 2.21. The van der Waals surface area contributed by atoms with Gasteiger partial charge in [-0.15, -0.1) is 0 Å². The van der Waals surface area contributed by atoms with Crippen molar-refractivity contribution in [2.75, 3.05) is 18.1 Å². The minimum atomic E-state index is 0.403. The van der Waals surface area contributed by atoms with Gasteiger partial charge in [0.15, 0.2) is 5.58 Å². The Kier molecular flexibility index (Phi) is 2.74. The van der Waals surface area contributed by atoms with Crippen molar-refractivity contribution in [3.05, 3.63) is 24.3 Å². The molecule has 1 N–H and O–H groups in total. The predicted octanol–water partition coefficient (Wildman–Crippen LogP) is 3.53. The minimum absolute atomic E-state index is 0.403. The lowest BCUT2D eigenvalue weighted by Crippen LogP contribution is -2.40. The van der Waals surface area contributed by atoms with Crippen LogP contribution < -0.4 is 5.32 Å². The number of nitrogens with one attached hydrogen (secondary N) is 1. The topological polar surface area (TPSA) is 38.1 Å². The molecule has 3 nitrogen and oxygen atoms in total. The van der Waals surface area contributed by atoms with Crippen molar-refractivity contribution in [2.45, 2.75) is 24.0 Å². The van der Waals surface area contributed by atoms with E-state index in [1.807, 2.05) is 36.0 Å². The first-order valence-corrected chi connectivity index (χ1v) is 7.18. The van der Waals surface area contributed by atoms with Crippen molar-refractivity contribution in [3.8, 4) is 0 Å². The number of anilines is 1. The third-order valence-corrected chi connectivity index (χ3v) is 4.97. The molecule has 90 valence electrons. The number of aromatic nitrogens is 1. The first-order chi connectivity index (χ1) is 8.31. The van der Waals surface area contributed by atoms with Gasteiger partial charge >= 0.3 is 0 Å². The molecule has 0 bridgehead atoms. The van der Waals surface area contributed by atoms with Crippen molar-refractivity contribution in [1.29, 1.82) is 0 Å². The average Bonchev–Trinajstić information content (AvgIpc) is 2.71. The summed E-state index contributed by atoms with van der Waals surface area (Å²) in [7, 11) is 0. The zero-order valence-corrected chi connectivity index (χ0v) is 10.7. The SMILES string of the molecule is CSC1(CNc2nc3ccccc3o2)CCC1. The van der Waals surface area contributed by atoms with Crippen molar-refractivity contribution >= 4 is 28.9 Å². The highest BCUT2D eigenvalue weighted by Gasteiger charge is 2.36. The number of fused-ring (bicyclic) bond motifs is 1. The van der Waals surface area contributed by atoms with E-state index in [1.165, 1.54) is 19.3 Å². The molecule has 1 heterocycles. The molecule has 17 heavy (non-hydrogen) atoms. The van der Waals surface area contributed by atoms with Crippen molar-refractivity contribution < 1.29 is 4.42 Å². The Labute approximate surface area is 105 Å². The van der Waals surface area contributed by atoms with Crippen molar-refractivity contribution in [3.63, 3.8) is 0 Å². The monoisotopic (exact) mass is 248 g/mol. The van der Waals surface area contributed by atoms with Gasteiger partial charge in [0.05, 0.1) is 0 Å². The molecule has 1 aromatic carbocycles. The number of oxazole rings is 1. The van der Waals surface area contributed by atoms with E-state index in [9.17, 15) is 0 Å². The van der Waals surface area contributed by atoms with E-state index in [0.717, 1.165) is 17.6 Å². The highest BCUT2D eigenvalue weighted by molar-refractivity contribution is 8.00. The Bertz CT molecular complexity index is 480. The number of hydrogen-bond donors (Lipinski definition) is 1. The third kappa shape index (κ3) is 2.02. The summed E-state index contributed by atoms with van der Waals surface area (Å²) in [6, 6.07) is 8.50. The molecule has 0 amide bonds. The summed E-state index contributed by atoms with van der Waals surface area (Å²) in [5.41, 5.74) is 1.77. The first-order valence-electron chi connectivity index (χ1n) is 5.96. The molecule has 0 atom stereocenters. The van der Waals surface area contributed by atoms with Crippen LogP contribution in [0.1, 0.15) is 19.3 Å². The van der Waals surface area contributed by atoms with E-state index in [1.54, 1.807) is 0 Å². The maximum Gasteiger partial charge on any atom is 0.295 e. The van der Waals surface area contributed by atoms with Gasteiger partial charge in [0.2, 0.25) is 0 Å². The molecule has 1 saturated carbocycles. The lowest BCUT2D eigenvalue weighted by molar-refractivity contribution is 0.377. The Hall–Kier alpha value is -1.16. The van der Waals surface area contributed by atoms with Gasteiger partial charge in [-0.1, -0.05) is 18.6 Å². The second-order valence-corrected chi connectivity index (χ2v) is 5.86. The first kappa shape index (κ1) is 11.0. The maximum atomic E-state index is 5.65. The highest BCUT2D eigenvalue weighted by atomic mass is 32.2. The molecule has 4 heteroatoms. The lowest BCUT2D eigenvalue weighted by Gasteiger charge is -2.40. The number of nitrogens with zero attached hydrogens (tertiary/aromatic N) is 1. The fourth-order valence-corrected chi connectivity index (χ4v) is 3.12. The largest absolute Gasteiger partial charge is 0.424 e. The normalized spacial score (nSPS) is 17.9. The molecule has 3 rings (SSSR count). The van der Waals surface area contributed by atoms with Gasteiger partial charge in [0.25, 0.3) is 6.01 Å². The maximum absolute atomic E-state index is 5.65. The zero-order chi connectivity index (χ0) is 11.7. The van der Waals surface area contributed by atoms with Gasteiger partial charge in [0, 0.05) is 11.3 Å². The summed E-state index contributed by atoms with van der Waals surface area (Å²) >= 11 is 1.95. The van der Waals surface area contributed by atoms with Crippen LogP contribution in [0, 0.1) is 0 Å². The number of rotatable bonds is 4. The summed E-state index contributed by atoms with van der Waals surface area (Å²) in [6.45, 7) is 0.945. The number of para-hydroxylation sites is 2. The molecule has 1 aromatic heterocycles. The summed E-state index contributed by atoms with van der Waals surface area (Å²) < 4.78 is 6.05. The summed E-state index contributed by atoms with van der Waals surface area (Å²) in [4.78, 5) is 4.42. The Morgan fingerprint density at radius 2 is 2.24 bits per heavy atom. The standard InChI is InChI=1S/C13H16N2OS/c1-17-13(7-4-8-13)9-14-12-15-10-5-2-3-6-11(10)16-12/h2-3,5-6H,4,7-9H2,1H3,(H,14,15). The number of benzene rings is 1. The van der Waals surface area contributed by atoms with Gasteiger partial charge in [-0.3, -0.25) is 0 Å². The van der Waals surface area contributed by atoms with Gasteiger partial charge in [-0.25, -0.2) is 0 Å². The molecule has 0 unspecified atom stereocenters. The van der Waals surface area contributed by atoms with E-state index < -0.39 is 0 Å². The zero-order valence-electron chi connectivity index (χ0n) is 9.90. The van der Waals surface area contributed by atoms with E-state index in [4.69, 9.17) is 4.42 Å². The smallest absolute Gasteiger partial charge is 0.295 e. The third-order valence-electron chi connectivity index (χ3n) is 3.55. The molecule has 1 fully saturated rings. The average molecular weight is 248 g/mol. The molecule has 0 saturated heterocycles. The van der Waals surface area contributed by atoms with E-state index in [-0.39, 0.29) is 0 Å². The van der Waals surface area contributed by atoms with Crippen LogP contribution in [0.2, 0.25) is 0 Å². The summed E-state index contributed by atoms with van der Waals surface area (Å²) in [5.74, 6) is 0. The second kappa shape index (κ2) is 4.26. The van der Waals surface area contributed by atoms with Crippen molar-refractivity contribution in [2.24, 2.45) is 0 Å². The highest BCUT2D eigenvalue weighted by Crippen LogP contribution is 2.42. The van der Waals surface area contributed by atoms with Crippen LogP contribution in [0.25, 0.3) is 11.1 Å². The Morgan fingerprint density at radius 3 is 2.88 bits per heavy atom. The Morgan fingerprint density at radius 1 is 1.41 bits per heavy atom. The van der Waals surface area contributed by atoms with E-state index in [2.05, 4.69) is 16.6 Å². The van der Waals surface area contributed by atoms with Gasteiger partial charge in [-0.2, -0.15) is 16.7 Å². The van der Waals surface area contributed by atoms with Crippen LogP contribution in [0.15, 0.2) is 28.7 Å². The van der Waals surface area contributed by atoms with Crippen LogP contribution in [0.4, 0.5) is 6.01 Å². The number of thioether (sulfide) groups is 1. The Balaban J connectivity index is 1.72. The summed E-state index contributed by atoms with van der Waals surface area (Å²) in [6.07, 6.45) is 6.12. The van der Waals surface area contributed by atoms with Gasteiger partial charge < -0.3 is 9.73 Å². The lowest BCUT2D eigenvalue weighted by atomic mass is 9.84. The van der Waals surface area contributed by atoms with Crippen LogP contribution in [-0.4, -0.2) is 22.5 Å².